The topological polar surface area (TPSA) is 67.8 Å². The summed E-state index contributed by atoms with van der Waals surface area (Å²) in [5, 5.41) is 11.6. The van der Waals surface area contributed by atoms with E-state index < -0.39 is 11.9 Å². The Kier molecular flexibility index (Phi) is 4.54. The average Bonchev–Trinajstić information content (AvgIpc) is 2.80. The molecule has 100 valence electrons. The predicted octanol–water partition coefficient (Wildman–Crippen LogP) is 3.04. The second-order valence-corrected chi connectivity index (χ2v) is 5.59. The Bertz CT molecular complexity index is 604. The monoisotopic (exact) mass is 344 g/mol. The first-order valence-corrected chi connectivity index (χ1v) is 7.17. The molecule has 0 aliphatic heterocycles. The van der Waals surface area contributed by atoms with Crippen LogP contribution in [0.5, 0.6) is 0 Å². The second-order valence-electron chi connectivity index (χ2n) is 3.67. The van der Waals surface area contributed by atoms with Gasteiger partial charge in [0.1, 0.15) is 10.7 Å². The van der Waals surface area contributed by atoms with Crippen LogP contribution in [0.2, 0.25) is 0 Å². The number of nitrogens with zero attached hydrogens (tertiary/aromatic N) is 3. The Labute approximate surface area is 121 Å². The third-order valence-electron chi connectivity index (χ3n) is 2.18. The number of hydrogen-bond donors (Lipinski definition) is 1. The summed E-state index contributed by atoms with van der Waals surface area (Å²) < 4.78 is 13.4. The van der Waals surface area contributed by atoms with Gasteiger partial charge in [-0.2, -0.15) is 4.39 Å². The summed E-state index contributed by atoms with van der Waals surface area (Å²) in [6, 6.07) is 2.60. The molecule has 0 spiro atoms. The van der Waals surface area contributed by atoms with E-state index in [4.69, 9.17) is 0 Å². The molecule has 0 saturated heterocycles. The van der Waals surface area contributed by atoms with E-state index in [2.05, 4.69) is 36.4 Å². The lowest BCUT2D eigenvalue weighted by Gasteiger charge is -2.02. The van der Waals surface area contributed by atoms with Crippen LogP contribution in [0, 0.1) is 5.95 Å². The molecule has 0 bridgehead atoms. The number of rotatable bonds is 4. The summed E-state index contributed by atoms with van der Waals surface area (Å²) in [6.07, 6.45) is 1.77. The summed E-state index contributed by atoms with van der Waals surface area (Å²) in [5.41, 5.74) is -0.0211. The van der Waals surface area contributed by atoms with Gasteiger partial charge in [-0.25, -0.2) is 4.98 Å². The van der Waals surface area contributed by atoms with Gasteiger partial charge in [0.2, 0.25) is 11.1 Å². The predicted molar refractivity (Wildman–Crippen MR) is 73.8 cm³/mol. The highest BCUT2D eigenvalue weighted by Gasteiger charge is 2.15. The van der Waals surface area contributed by atoms with E-state index in [0.29, 0.717) is 9.60 Å². The summed E-state index contributed by atoms with van der Waals surface area (Å²) in [5.74, 6) is -1.23. The van der Waals surface area contributed by atoms with Gasteiger partial charge in [0.05, 0.1) is 0 Å². The van der Waals surface area contributed by atoms with Crippen molar-refractivity contribution in [3.8, 4) is 0 Å². The Morgan fingerprint density at radius 2 is 2.26 bits per heavy atom. The van der Waals surface area contributed by atoms with E-state index in [1.165, 1.54) is 23.5 Å². The lowest BCUT2D eigenvalue weighted by molar-refractivity contribution is 0.102. The molecular formula is C11H10BrFN4OS. The maximum absolute atomic E-state index is 13.0. The SMILES string of the molecule is CCCc1nnc(NC(=O)c2nc(F)ccc2Br)s1. The molecule has 5 nitrogen and oxygen atoms in total. The molecule has 1 N–H and O–H groups in total. The number of nitrogens with one attached hydrogen (secondary N) is 1. The minimum atomic E-state index is -0.711. The van der Waals surface area contributed by atoms with E-state index in [-0.39, 0.29) is 5.69 Å². The Hall–Kier alpha value is -1.41. The van der Waals surface area contributed by atoms with Crippen molar-refractivity contribution in [3.63, 3.8) is 0 Å². The quantitative estimate of drug-likeness (QED) is 0.865. The highest BCUT2D eigenvalue weighted by Crippen LogP contribution is 2.20. The zero-order chi connectivity index (χ0) is 13.8. The molecule has 0 radical (unpaired) electrons. The van der Waals surface area contributed by atoms with Crippen LogP contribution in [0.3, 0.4) is 0 Å². The van der Waals surface area contributed by atoms with Crippen molar-refractivity contribution in [3.05, 3.63) is 33.3 Å². The fourth-order valence-electron chi connectivity index (χ4n) is 1.35. The fourth-order valence-corrected chi connectivity index (χ4v) is 2.59. The summed E-state index contributed by atoms with van der Waals surface area (Å²) in [6.45, 7) is 2.04. The van der Waals surface area contributed by atoms with Gasteiger partial charge in [-0.3, -0.25) is 10.1 Å². The molecule has 8 heteroatoms. The summed E-state index contributed by atoms with van der Waals surface area (Å²) in [7, 11) is 0. The van der Waals surface area contributed by atoms with Crippen molar-refractivity contribution >= 4 is 38.3 Å². The van der Waals surface area contributed by atoms with Crippen LogP contribution in [0.15, 0.2) is 16.6 Å². The van der Waals surface area contributed by atoms with Crippen molar-refractivity contribution in [2.75, 3.05) is 5.32 Å². The van der Waals surface area contributed by atoms with Crippen LogP contribution in [0.4, 0.5) is 9.52 Å². The van der Waals surface area contributed by atoms with Crippen LogP contribution < -0.4 is 5.32 Å². The number of anilines is 1. The zero-order valence-electron chi connectivity index (χ0n) is 9.98. The van der Waals surface area contributed by atoms with E-state index in [9.17, 15) is 9.18 Å². The molecular weight excluding hydrogens is 335 g/mol. The molecule has 1 amide bonds. The number of hydrogen-bond acceptors (Lipinski definition) is 5. The van der Waals surface area contributed by atoms with E-state index in [1.807, 2.05) is 6.92 Å². The summed E-state index contributed by atoms with van der Waals surface area (Å²) >= 11 is 4.45. The van der Waals surface area contributed by atoms with Gasteiger partial charge < -0.3 is 0 Å². The molecule has 0 atom stereocenters. The number of pyridine rings is 1. The van der Waals surface area contributed by atoms with Crippen LogP contribution >= 0.6 is 27.3 Å². The molecule has 0 aliphatic carbocycles. The number of aromatic nitrogens is 3. The molecule has 2 aromatic rings. The lowest BCUT2D eigenvalue weighted by atomic mass is 10.3. The van der Waals surface area contributed by atoms with Gasteiger partial charge in [0.25, 0.3) is 5.91 Å². The molecule has 2 heterocycles. The second kappa shape index (κ2) is 6.16. The van der Waals surface area contributed by atoms with Crippen molar-refractivity contribution in [1.82, 2.24) is 15.2 Å². The molecule has 19 heavy (non-hydrogen) atoms. The van der Waals surface area contributed by atoms with Crippen LogP contribution in [0.25, 0.3) is 0 Å². The molecule has 0 saturated carbocycles. The maximum atomic E-state index is 13.0. The van der Waals surface area contributed by atoms with Crippen LogP contribution in [-0.2, 0) is 6.42 Å². The van der Waals surface area contributed by atoms with Crippen molar-refractivity contribution < 1.29 is 9.18 Å². The molecule has 0 aromatic carbocycles. The number of halogens is 2. The Morgan fingerprint density at radius 1 is 1.47 bits per heavy atom. The smallest absolute Gasteiger partial charge is 0.277 e. The molecule has 0 unspecified atom stereocenters. The van der Waals surface area contributed by atoms with Gasteiger partial charge >= 0.3 is 0 Å². The van der Waals surface area contributed by atoms with Crippen LogP contribution in [0.1, 0.15) is 28.8 Å². The third-order valence-corrected chi connectivity index (χ3v) is 3.72. The van der Waals surface area contributed by atoms with E-state index in [1.54, 1.807) is 0 Å². The molecule has 0 fully saturated rings. The number of aryl methyl sites for hydroxylation is 1. The van der Waals surface area contributed by atoms with Gasteiger partial charge in [-0.15, -0.1) is 10.2 Å². The average molecular weight is 345 g/mol. The van der Waals surface area contributed by atoms with Gasteiger partial charge in [0, 0.05) is 10.9 Å². The zero-order valence-corrected chi connectivity index (χ0v) is 12.4. The summed E-state index contributed by atoms with van der Waals surface area (Å²) in [4.78, 5) is 15.5. The Balaban J connectivity index is 2.13. The fraction of sp³-hybridized carbons (Fsp3) is 0.273. The van der Waals surface area contributed by atoms with Crippen molar-refractivity contribution in [1.29, 1.82) is 0 Å². The first-order chi connectivity index (χ1) is 9.10. The van der Waals surface area contributed by atoms with E-state index >= 15 is 0 Å². The largest absolute Gasteiger partial charge is 0.295 e. The van der Waals surface area contributed by atoms with E-state index in [0.717, 1.165) is 17.8 Å². The minimum Gasteiger partial charge on any atom is -0.295 e. The number of carbonyl (C=O) groups excluding carboxylic acids is 1. The standard InChI is InChI=1S/C11H10BrFN4OS/c1-2-3-8-16-17-11(19-8)15-10(18)9-6(12)4-5-7(13)14-9/h4-5H,2-3H2,1H3,(H,15,17,18). The normalized spacial score (nSPS) is 10.5. The maximum Gasteiger partial charge on any atom is 0.277 e. The van der Waals surface area contributed by atoms with Gasteiger partial charge in [-0.1, -0.05) is 18.3 Å². The third kappa shape index (κ3) is 3.54. The highest BCUT2D eigenvalue weighted by atomic mass is 79.9. The van der Waals surface area contributed by atoms with Crippen LogP contribution in [-0.4, -0.2) is 21.1 Å². The van der Waals surface area contributed by atoms with Crippen molar-refractivity contribution in [2.45, 2.75) is 19.8 Å². The molecule has 2 rings (SSSR count). The number of amides is 1. The van der Waals surface area contributed by atoms with Gasteiger partial charge in [0.15, 0.2) is 0 Å². The lowest BCUT2D eigenvalue weighted by Crippen LogP contribution is -2.15. The Morgan fingerprint density at radius 3 is 3.00 bits per heavy atom. The highest BCUT2D eigenvalue weighted by molar-refractivity contribution is 9.10. The molecule has 0 aliphatic rings. The first-order valence-electron chi connectivity index (χ1n) is 5.56. The van der Waals surface area contributed by atoms with Crippen molar-refractivity contribution in [2.24, 2.45) is 0 Å². The first kappa shape index (κ1) is 14.0. The molecule has 2 aromatic heterocycles. The van der Waals surface area contributed by atoms with Gasteiger partial charge in [-0.05, 0) is 34.5 Å². The number of carbonyl (C=O) groups is 1. The minimum absolute atomic E-state index is 0.0211.